The van der Waals surface area contributed by atoms with Gasteiger partial charge in [0.2, 0.25) is 5.95 Å². The third-order valence-corrected chi connectivity index (χ3v) is 2.53. The summed E-state index contributed by atoms with van der Waals surface area (Å²) < 4.78 is 13.2. The molecule has 0 bridgehead atoms. The number of nitrogens with zero attached hydrogens (tertiary/aromatic N) is 2. The van der Waals surface area contributed by atoms with E-state index in [1.165, 1.54) is 12.8 Å². The van der Waals surface area contributed by atoms with Crippen molar-refractivity contribution in [1.82, 2.24) is 9.97 Å². The molecular formula is C10H15FN4. The molecule has 82 valence electrons. The van der Waals surface area contributed by atoms with Crippen LogP contribution in [0.15, 0.2) is 6.20 Å². The quantitative estimate of drug-likeness (QED) is 0.795. The summed E-state index contributed by atoms with van der Waals surface area (Å²) in [6, 6.07) is 0.223. The summed E-state index contributed by atoms with van der Waals surface area (Å²) in [6.07, 6.45) is 4.73. The molecule has 1 fully saturated rings. The Bertz CT molecular complexity index is 351. The molecule has 0 amide bonds. The monoisotopic (exact) mass is 210 g/mol. The van der Waals surface area contributed by atoms with E-state index in [4.69, 9.17) is 5.73 Å². The second-order valence-electron chi connectivity index (χ2n) is 4.15. The average Bonchev–Trinajstić information content (AvgIpc) is 2.95. The van der Waals surface area contributed by atoms with Gasteiger partial charge in [0.1, 0.15) is 0 Å². The fourth-order valence-corrected chi connectivity index (χ4v) is 1.63. The summed E-state index contributed by atoms with van der Waals surface area (Å²) in [4.78, 5) is 7.39. The Hall–Kier alpha value is -1.39. The van der Waals surface area contributed by atoms with Crippen molar-refractivity contribution in [2.75, 3.05) is 11.1 Å². The van der Waals surface area contributed by atoms with E-state index < -0.39 is 5.82 Å². The van der Waals surface area contributed by atoms with E-state index in [0.717, 1.165) is 18.5 Å². The van der Waals surface area contributed by atoms with Crippen molar-refractivity contribution in [2.45, 2.75) is 32.2 Å². The van der Waals surface area contributed by atoms with Crippen LogP contribution in [0.3, 0.4) is 0 Å². The lowest BCUT2D eigenvalue weighted by atomic mass is 10.1. The number of anilines is 2. The lowest BCUT2D eigenvalue weighted by Gasteiger charge is -2.14. The first-order valence-corrected chi connectivity index (χ1v) is 5.19. The SMILES string of the molecule is CC(CC1CC1)Nc1nc(N)ncc1F. The van der Waals surface area contributed by atoms with Gasteiger partial charge in [0.25, 0.3) is 0 Å². The molecule has 1 aliphatic rings. The number of hydrogen-bond donors (Lipinski definition) is 2. The van der Waals surface area contributed by atoms with Crippen molar-refractivity contribution >= 4 is 11.8 Å². The molecule has 4 nitrogen and oxygen atoms in total. The van der Waals surface area contributed by atoms with Crippen LogP contribution in [0.4, 0.5) is 16.2 Å². The van der Waals surface area contributed by atoms with Gasteiger partial charge in [0.05, 0.1) is 6.20 Å². The van der Waals surface area contributed by atoms with Crippen LogP contribution < -0.4 is 11.1 Å². The van der Waals surface area contributed by atoms with Crippen molar-refractivity contribution in [3.63, 3.8) is 0 Å². The number of nitrogen functional groups attached to an aromatic ring is 1. The minimum absolute atomic E-state index is 0.0949. The van der Waals surface area contributed by atoms with Crippen molar-refractivity contribution < 1.29 is 4.39 Å². The third-order valence-electron chi connectivity index (χ3n) is 2.53. The summed E-state index contributed by atoms with van der Waals surface area (Å²) >= 11 is 0. The highest BCUT2D eigenvalue weighted by atomic mass is 19.1. The molecule has 5 heteroatoms. The molecule has 1 heterocycles. The largest absolute Gasteiger partial charge is 0.368 e. The molecule has 0 radical (unpaired) electrons. The average molecular weight is 210 g/mol. The van der Waals surface area contributed by atoms with Crippen molar-refractivity contribution in [2.24, 2.45) is 5.92 Å². The molecule has 0 saturated heterocycles. The number of nitrogens with one attached hydrogen (secondary N) is 1. The molecule has 1 saturated carbocycles. The number of halogens is 1. The van der Waals surface area contributed by atoms with E-state index in [2.05, 4.69) is 15.3 Å². The first-order valence-electron chi connectivity index (χ1n) is 5.19. The standard InChI is InChI=1S/C10H15FN4/c1-6(4-7-2-3-7)14-9-8(11)5-13-10(12)15-9/h5-7H,2-4H2,1H3,(H3,12,13,14,15). The van der Waals surface area contributed by atoms with Gasteiger partial charge in [-0.2, -0.15) is 4.98 Å². The van der Waals surface area contributed by atoms with Gasteiger partial charge in [0.15, 0.2) is 11.6 Å². The van der Waals surface area contributed by atoms with Gasteiger partial charge in [0, 0.05) is 6.04 Å². The van der Waals surface area contributed by atoms with Crippen LogP contribution in [0.5, 0.6) is 0 Å². The fraction of sp³-hybridized carbons (Fsp3) is 0.600. The first kappa shape index (κ1) is 10.1. The summed E-state index contributed by atoms with van der Waals surface area (Å²) in [5, 5.41) is 3.02. The Morgan fingerprint density at radius 1 is 1.67 bits per heavy atom. The second kappa shape index (κ2) is 4.00. The predicted molar refractivity (Wildman–Crippen MR) is 56.8 cm³/mol. The minimum atomic E-state index is -0.452. The number of aromatic nitrogens is 2. The van der Waals surface area contributed by atoms with Crippen molar-refractivity contribution in [3.8, 4) is 0 Å². The molecule has 15 heavy (non-hydrogen) atoms. The van der Waals surface area contributed by atoms with Crippen LogP contribution in [0.2, 0.25) is 0 Å². The number of rotatable bonds is 4. The molecule has 1 atom stereocenters. The van der Waals surface area contributed by atoms with E-state index in [1.54, 1.807) is 0 Å². The summed E-state index contributed by atoms with van der Waals surface area (Å²) in [5.74, 6) is 0.648. The molecule has 2 rings (SSSR count). The first-order chi connectivity index (χ1) is 7.15. The van der Waals surface area contributed by atoms with Crippen molar-refractivity contribution in [3.05, 3.63) is 12.0 Å². The molecular weight excluding hydrogens is 195 g/mol. The van der Waals surface area contributed by atoms with Gasteiger partial charge < -0.3 is 11.1 Å². The molecule has 1 aromatic heterocycles. The maximum absolute atomic E-state index is 13.2. The zero-order valence-electron chi connectivity index (χ0n) is 8.70. The van der Waals surface area contributed by atoms with Gasteiger partial charge in [-0.15, -0.1) is 0 Å². The Morgan fingerprint density at radius 3 is 3.07 bits per heavy atom. The maximum atomic E-state index is 13.2. The highest BCUT2D eigenvalue weighted by Crippen LogP contribution is 2.34. The van der Waals surface area contributed by atoms with E-state index in [9.17, 15) is 4.39 Å². The molecule has 1 aromatic rings. The fourth-order valence-electron chi connectivity index (χ4n) is 1.63. The topological polar surface area (TPSA) is 63.8 Å². The smallest absolute Gasteiger partial charge is 0.222 e. The predicted octanol–water partition coefficient (Wildman–Crippen LogP) is 1.80. The lowest BCUT2D eigenvalue weighted by molar-refractivity contribution is 0.599. The van der Waals surface area contributed by atoms with Crippen LogP contribution in [-0.4, -0.2) is 16.0 Å². The van der Waals surface area contributed by atoms with Crippen LogP contribution in [0.25, 0.3) is 0 Å². The molecule has 1 unspecified atom stereocenters. The summed E-state index contributed by atoms with van der Waals surface area (Å²) in [5.41, 5.74) is 5.39. The van der Waals surface area contributed by atoms with E-state index in [0.29, 0.717) is 0 Å². The number of hydrogen-bond acceptors (Lipinski definition) is 4. The van der Waals surface area contributed by atoms with E-state index in [1.807, 2.05) is 6.92 Å². The number of nitrogens with two attached hydrogens (primary N) is 1. The molecule has 0 aliphatic heterocycles. The van der Waals surface area contributed by atoms with E-state index in [-0.39, 0.29) is 17.8 Å². The van der Waals surface area contributed by atoms with Crippen molar-refractivity contribution in [1.29, 1.82) is 0 Å². The normalized spacial score (nSPS) is 17.5. The van der Waals surface area contributed by atoms with Crippen LogP contribution >= 0.6 is 0 Å². The van der Waals surface area contributed by atoms with Gasteiger partial charge in [-0.05, 0) is 19.3 Å². The van der Waals surface area contributed by atoms with Crippen LogP contribution in [0.1, 0.15) is 26.2 Å². The Morgan fingerprint density at radius 2 is 2.40 bits per heavy atom. The molecule has 3 N–H and O–H groups in total. The molecule has 1 aliphatic carbocycles. The van der Waals surface area contributed by atoms with Gasteiger partial charge >= 0.3 is 0 Å². The van der Waals surface area contributed by atoms with Crippen LogP contribution in [0, 0.1) is 11.7 Å². The van der Waals surface area contributed by atoms with Gasteiger partial charge in [-0.3, -0.25) is 0 Å². The highest BCUT2D eigenvalue weighted by molar-refractivity contribution is 5.39. The molecule has 0 aromatic carbocycles. The van der Waals surface area contributed by atoms with E-state index >= 15 is 0 Å². The Labute approximate surface area is 88.1 Å². The van der Waals surface area contributed by atoms with Gasteiger partial charge in [-0.1, -0.05) is 12.8 Å². The highest BCUT2D eigenvalue weighted by Gasteiger charge is 2.24. The third kappa shape index (κ3) is 2.78. The van der Waals surface area contributed by atoms with Crippen LogP contribution in [-0.2, 0) is 0 Å². The summed E-state index contributed by atoms with van der Waals surface area (Å²) in [6.45, 7) is 2.02. The Kier molecular flexibility index (Phi) is 2.70. The van der Waals surface area contributed by atoms with Gasteiger partial charge in [-0.25, -0.2) is 9.37 Å². The molecule has 0 spiro atoms. The summed E-state index contributed by atoms with van der Waals surface area (Å²) in [7, 11) is 0. The Balaban J connectivity index is 1.98. The maximum Gasteiger partial charge on any atom is 0.222 e. The second-order valence-corrected chi connectivity index (χ2v) is 4.15. The lowest BCUT2D eigenvalue weighted by Crippen LogP contribution is -2.18. The minimum Gasteiger partial charge on any atom is -0.368 e. The zero-order chi connectivity index (χ0) is 10.8. The zero-order valence-corrected chi connectivity index (χ0v) is 8.70.